The van der Waals surface area contributed by atoms with Gasteiger partial charge in [-0.25, -0.2) is 4.98 Å². The second kappa shape index (κ2) is 8.52. The molecule has 4 rings (SSSR count). The zero-order valence-corrected chi connectivity index (χ0v) is 16.6. The molecule has 0 fully saturated rings. The SMILES string of the molecule is COc1ccc(-n2ccnc2SCC(=O)NC2CCCc3ccccc32)cc1. The average Bonchev–Trinajstić information content (AvgIpc) is 3.21. The van der Waals surface area contributed by atoms with Gasteiger partial charge < -0.3 is 10.1 Å². The van der Waals surface area contributed by atoms with E-state index >= 15 is 0 Å². The van der Waals surface area contributed by atoms with Gasteiger partial charge in [-0.1, -0.05) is 36.0 Å². The molecule has 144 valence electrons. The highest BCUT2D eigenvalue weighted by Gasteiger charge is 2.21. The number of thioether (sulfide) groups is 1. The van der Waals surface area contributed by atoms with Crippen molar-refractivity contribution >= 4 is 17.7 Å². The van der Waals surface area contributed by atoms with E-state index in [-0.39, 0.29) is 11.9 Å². The van der Waals surface area contributed by atoms with Crippen molar-refractivity contribution in [2.75, 3.05) is 12.9 Å². The first-order valence-electron chi connectivity index (χ1n) is 9.42. The molecule has 6 heteroatoms. The molecule has 0 spiro atoms. The third-order valence-corrected chi connectivity index (χ3v) is 5.96. The second-order valence-electron chi connectivity index (χ2n) is 6.78. The van der Waals surface area contributed by atoms with E-state index in [4.69, 9.17) is 4.74 Å². The van der Waals surface area contributed by atoms with Crippen LogP contribution >= 0.6 is 11.8 Å². The molecular formula is C22H23N3O2S. The van der Waals surface area contributed by atoms with E-state index in [0.29, 0.717) is 5.75 Å². The van der Waals surface area contributed by atoms with Crippen molar-refractivity contribution in [2.45, 2.75) is 30.5 Å². The average molecular weight is 394 g/mol. The number of benzene rings is 2. The smallest absolute Gasteiger partial charge is 0.230 e. The highest BCUT2D eigenvalue weighted by molar-refractivity contribution is 7.99. The fraction of sp³-hybridized carbons (Fsp3) is 0.273. The summed E-state index contributed by atoms with van der Waals surface area (Å²) >= 11 is 1.45. The van der Waals surface area contributed by atoms with Gasteiger partial charge in [0.1, 0.15) is 5.75 Å². The molecule has 0 saturated carbocycles. The van der Waals surface area contributed by atoms with Gasteiger partial charge in [-0.05, 0) is 54.7 Å². The van der Waals surface area contributed by atoms with E-state index in [9.17, 15) is 4.79 Å². The van der Waals surface area contributed by atoms with E-state index in [2.05, 4.69) is 28.5 Å². The molecule has 1 N–H and O–H groups in total. The maximum Gasteiger partial charge on any atom is 0.230 e. The summed E-state index contributed by atoms with van der Waals surface area (Å²) < 4.78 is 7.19. The third kappa shape index (κ3) is 4.07. The lowest BCUT2D eigenvalue weighted by atomic mass is 9.88. The summed E-state index contributed by atoms with van der Waals surface area (Å²) in [6, 6.07) is 16.3. The molecule has 0 radical (unpaired) electrons. The van der Waals surface area contributed by atoms with Gasteiger partial charge in [0.25, 0.3) is 0 Å². The van der Waals surface area contributed by atoms with Crippen molar-refractivity contribution < 1.29 is 9.53 Å². The first-order valence-corrected chi connectivity index (χ1v) is 10.4. The highest BCUT2D eigenvalue weighted by Crippen LogP contribution is 2.29. The minimum absolute atomic E-state index is 0.0379. The van der Waals surface area contributed by atoms with Crippen molar-refractivity contribution in [1.82, 2.24) is 14.9 Å². The van der Waals surface area contributed by atoms with E-state index in [0.717, 1.165) is 35.9 Å². The van der Waals surface area contributed by atoms with Crippen molar-refractivity contribution in [3.8, 4) is 11.4 Å². The Morgan fingerprint density at radius 1 is 1.25 bits per heavy atom. The van der Waals surface area contributed by atoms with Gasteiger partial charge in [-0.3, -0.25) is 9.36 Å². The topological polar surface area (TPSA) is 56.2 Å². The number of aryl methyl sites for hydroxylation is 1. The third-order valence-electron chi connectivity index (χ3n) is 4.99. The number of fused-ring (bicyclic) bond motifs is 1. The Morgan fingerprint density at radius 3 is 2.89 bits per heavy atom. The molecule has 1 aromatic heterocycles. The highest BCUT2D eigenvalue weighted by atomic mass is 32.2. The van der Waals surface area contributed by atoms with Gasteiger partial charge in [-0.2, -0.15) is 0 Å². The lowest BCUT2D eigenvalue weighted by molar-refractivity contribution is -0.119. The first kappa shape index (κ1) is 18.6. The summed E-state index contributed by atoms with van der Waals surface area (Å²) in [6.07, 6.45) is 6.85. The minimum atomic E-state index is 0.0379. The van der Waals surface area contributed by atoms with Crippen LogP contribution in [0.2, 0.25) is 0 Å². The van der Waals surface area contributed by atoms with E-state index in [1.807, 2.05) is 41.1 Å². The lowest BCUT2D eigenvalue weighted by Crippen LogP contribution is -2.32. The molecule has 28 heavy (non-hydrogen) atoms. The predicted molar refractivity (Wildman–Crippen MR) is 111 cm³/mol. The number of imidazole rings is 1. The van der Waals surface area contributed by atoms with Crippen LogP contribution in [0.3, 0.4) is 0 Å². The van der Waals surface area contributed by atoms with Crippen LogP contribution in [-0.2, 0) is 11.2 Å². The zero-order valence-electron chi connectivity index (χ0n) is 15.8. The number of hydrogen-bond donors (Lipinski definition) is 1. The summed E-state index contributed by atoms with van der Waals surface area (Å²) in [5.74, 6) is 1.19. The van der Waals surface area contributed by atoms with Crippen LogP contribution < -0.4 is 10.1 Å². The molecule has 1 heterocycles. The number of nitrogens with zero attached hydrogens (tertiary/aromatic N) is 2. The van der Waals surface area contributed by atoms with Crippen LogP contribution in [0, 0.1) is 0 Å². The van der Waals surface area contributed by atoms with Crippen molar-refractivity contribution in [3.63, 3.8) is 0 Å². The molecule has 1 atom stereocenters. The molecule has 3 aromatic rings. The second-order valence-corrected chi connectivity index (χ2v) is 7.72. The number of ether oxygens (including phenoxy) is 1. The number of carbonyl (C=O) groups excluding carboxylic acids is 1. The summed E-state index contributed by atoms with van der Waals surface area (Å²) in [4.78, 5) is 17.0. The van der Waals surface area contributed by atoms with Crippen LogP contribution in [0.5, 0.6) is 5.75 Å². The summed E-state index contributed by atoms with van der Waals surface area (Å²) in [5, 5.41) is 3.99. The standard InChI is InChI=1S/C22H23N3O2S/c1-27-18-11-9-17(10-12-18)25-14-13-23-22(25)28-15-21(26)24-20-8-4-6-16-5-2-3-7-19(16)20/h2-3,5,7,9-14,20H,4,6,8,15H2,1H3,(H,24,26). The summed E-state index contributed by atoms with van der Waals surface area (Å²) in [6.45, 7) is 0. The largest absolute Gasteiger partial charge is 0.497 e. The Balaban J connectivity index is 1.39. The van der Waals surface area contributed by atoms with Gasteiger partial charge in [0.2, 0.25) is 5.91 Å². The van der Waals surface area contributed by atoms with Crippen LogP contribution in [0.4, 0.5) is 0 Å². The normalized spacial score (nSPS) is 15.7. The zero-order chi connectivity index (χ0) is 19.3. The van der Waals surface area contributed by atoms with Crippen molar-refractivity contribution in [2.24, 2.45) is 0 Å². The number of nitrogens with one attached hydrogen (secondary N) is 1. The van der Waals surface area contributed by atoms with E-state index < -0.39 is 0 Å². The van der Waals surface area contributed by atoms with Gasteiger partial charge in [0.05, 0.1) is 18.9 Å². The molecule has 0 aliphatic heterocycles. The Morgan fingerprint density at radius 2 is 2.07 bits per heavy atom. The van der Waals surface area contributed by atoms with Crippen LogP contribution in [0.1, 0.15) is 30.0 Å². The minimum Gasteiger partial charge on any atom is -0.497 e. The van der Waals surface area contributed by atoms with Gasteiger partial charge >= 0.3 is 0 Å². The fourth-order valence-corrected chi connectivity index (χ4v) is 4.39. The van der Waals surface area contributed by atoms with E-state index in [1.165, 1.54) is 22.9 Å². The molecule has 5 nitrogen and oxygen atoms in total. The Hall–Kier alpha value is -2.73. The Kier molecular flexibility index (Phi) is 5.67. The number of hydrogen-bond acceptors (Lipinski definition) is 4. The Bertz CT molecular complexity index is 952. The number of carbonyl (C=O) groups is 1. The van der Waals surface area contributed by atoms with E-state index in [1.54, 1.807) is 13.3 Å². The van der Waals surface area contributed by atoms with Gasteiger partial charge in [0.15, 0.2) is 5.16 Å². The number of aromatic nitrogens is 2. The maximum atomic E-state index is 12.6. The molecule has 1 aliphatic carbocycles. The van der Waals surface area contributed by atoms with Gasteiger partial charge in [-0.15, -0.1) is 0 Å². The molecule has 1 aliphatic rings. The lowest BCUT2D eigenvalue weighted by Gasteiger charge is -2.26. The van der Waals surface area contributed by atoms with Gasteiger partial charge in [0, 0.05) is 18.1 Å². The van der Waals surface area contributed by atoms with Crippen LogP contribution in [0.25, 0.3) is 5.69 Å². The van der Waals surface area contributed by atoms with Crippen LogP contribution in [-0.4, -0.2) is 28.3 Å². The summed E-state index contributed by atoms with van der Waals surface area (Å²) in [7, 11) is 1.65. The molecular weight excluding hydrogens is 370 g/mol. The first-order chi connectivity index (χ1) is 13.7. The summed E-state index contributed by atoms with van der Waals surface area (Å²) in [5.41, 5.74) is 3.59. The molecule has 1 unspecified atom stereocenters. The fourth-order valence-electron chi connectivity index (χ4n) is 3.61. The number of methoxy groups -OCH3 is 1. The Labute approximate surface area is 169 Å². The number of rotatable bonds is 6. The molecule has 1 amide bonds. The van der Waals surface area contributed by atoms with Crippen molar-refractivity contribution in [1.29, 1.82) is 0 Å². The molecule has 2 aromatic carbocycles. The van der Waals surface area contributed by atoms with Crippen molar-refractivity contribution in [3.05, 3.63) is 72.1 Å². The molecule has 0 saturated heterocycles. The maximum absolute atomic E-state index is 12.6. The van der Waals surface area contributed by atoms with Crippen LogP contribution in [0.15, 0.2) is 66.1 Å². The number of amides is 1. The monoisotopic (exact) mass is 393 g/mol. The quantitative estimate of drug-likeness (QED) is 0.639. The predicted octanol–water partition coefficient (Wildman–Crippen LogP) is 4.17. The molecule has 0 bridgehead atoms.